The number of fused-ring (bicyclic) bond motifs is 1. The van der Waals surface area contributed by atoms with E-state index >= 15 is 0 Å². The van der Waals surface area contributed by atoms with E-state index in [2.05, 4.69) is 49.4 Å². The largest absolute Gasteiger partial charge is 0.0654 e. The van der Waals surface area contributed by atoms with E-state index in [0.29, 0.717) is 0 Å². The molecule has 0 aliphatic heterocycles. The van der Waals surface area contributed by atoms with Gasteiger partial charge in [-0.25, -0.2) is 0 Å². The molecule has 0 amide bonds. The molecule has 0 unspecified atom stereocenters. The molecule has 0 N–H and O–H groups in total. The third-order valence-corrected chi connectivity index (χ3v) is 6.88. The fourth-order valence-corrected chi connectivity index (χ4v) is 4.80. The van der Waals surface area contributed by atoms with Crippen LogP contribution >= 0.6 is 0 Å². The van der Waals surface area contributed by atoms with Crippen LogP contribution in [0.4, 0.5) is 0 Å². The van der Waals surface area contributed by atoms with Crippen molar-refractivity contribution in [1.29, 1.82) is 0 Å². The summed E-state index contributed by atoms with van der Waals surface area (Å²) in [5, 5.41) is 2.75. The number of rotatable bonds is 20. The average molecular weight is 423 g/mol. The zero-order chi connectivity index (χ0) is 21.8. The van der Waals surface area contributed by atoms with Crippen molar-refractivity contribution in [3.8, 4) is 0 Å². The highest BCUT2D eigenvalue weighted by molar-refractivity contribution is 5.82. The van der Waals surface area contributed by atoms with Gasteiger partial charge in [0.2, 0.25) is 0 Å². The van der Waals surface area contributed by atoms with Crippen molar-refractivity contribution in [3.63, 3.8) is 0 Å². The summed E-state index contributed by atoms with van der Waals surface area (Å²) in [5.41, 5.74) is 1.51. The molecule has 0 heterocycles. The summed E-state index contributed by atoms with van der Waals surface area (Å²) < 4.78 is 0. The molecule has 2 aromatic carbocycles. The van der Waals surface area contributed by atoms with Crippen molar-refractivity contribution in [2.45, 2.75) is 135 Å². The summed E-state index contributed by atoms with van der Waals surface area (Å²) in [7, 11) is 0. The number of aryl methyl sites for hydroxylation is 1. The first-order chi connectivity index (χ1) is 15.4. The van der Waals surface area contributed by atoms with Crippen molar-refractivity contribution in [3.05, 3.63) is 48.0 Å². The lowest BCUT2D eigenvalue weighted by atomic mass is 10.0. The SMILES string of the molecule is CCCCCCCCCCCCCCCCCCCCCc1ccc2ccccc2c1. The molecule has 2 rings (SSSR count). The number of hydrogen-bond donors (Lipinski definition) is 0. The second-order valence-corrected chi connectivity index (χ2v) is 9.80. The minimum absolute atomic E-state index is 1.24. The molecular weight excluding hydrogens is 372 g/mol. The van der Waals surface area contributed by atoms with Crippen LogP contribution < -0.4 is 0 Å². The molecule has 0 saturated carbocycles. The van der Waals surface area contributed by atoms with Gasteiger partial charge < -0.3 is 0 Å². The van der Waals surface area contributed by atoms with Crippen molar-refractivity contribution in [2.24, 2.45) is 0 Å². The Labute approximate surface area is 194 Å². The molecule has 0 aliphatic rings. The summed E-state index contributed by atoms with van der Waals surface area (Å²) >= 11 is 0. The molecule has 0 atom stereocenters. The lowest BCUT2D eigenvalue weighted by Crippen LogP contribution is -1.87. The smallest absolute Gasteiger partial charge is 0.0181 e. The molecule has 2 aromatic rings. The Bertz CT molecular complexity index is 656. The maximum Gasteiger partial charge on any atom is -0.0181 e. The maximum absolute atomic E-state index is 2.38. The molecule has 0 spiro atoms. The van der Waals surface area contributed by atoms with E-state index in [4.69, 9.17) is 0 Å². The summed E-state index contributed by atoms with van der Waals surface area (Å²) in [6.07, 6.45) is 28.8. The van der Waals surface area contributed by atoms with E-state index in [1.165, 1.54) is 145 Å². The molecule has 0 saturated heterocycles. The topological polar surface area (TPSA) is 0 Å². The van der Waals surface area contributed by atoms with E-state index in [9.17, 15) is 0 Å². The van der Waals surface area contributed by atoms with Crippen molar-refractivity contribution < 1.29 is 0 Å². The van der Waals surface area contributed by atoms with E-state index in [-0.39, 0.29) is 0 Å². The van der Waals surface area contributed by atoms with Crippen LogP contribution in [0.5, 0.6) is 0 Å². The number of benzene rings is 2. The summed E-state index contributed by atoms with van der Waals surface area (Å²) in [6.45, 7) is 2.30. The zero-order valence-corrected chi connectivity index (χ0v) is 20.7. The number of hydrogen-bond acceptors (Lipinski definition) is 0. The summed E-state index contributed by atoms with van der Waals surface area (Å²) in [5.74, 6) is 0. The van der Waals surface area contributed by atoms with Crippen molar-refractivity contribution >= 4 is 10.8 Å². The van der Waals surface area contributed by atoms with Crippen LogP contribution in [0, 0.1) is 0 Å². The Kier molecular flexibility index (Phi) is 15.3. The van der Waals surface area contributed by atoms with Crippen LogP contribution in [0.2, 0.25) is 0 Å². The highest BCUT2D eigenvalue weighted by Crippen LogP contribution is 2.18. The molecule has 0 heteroatoms. The van der Waals surface area contributed by atoms with Gasteiger partial charge in [0, 0.05) is 0 Å². The van der Waals surface area contributed by atoms with Crippen LogP contribution in [0.3, 0.4) is 0 Å². The van der Waals surface area contributed by atoms with E-state index in [1.807, 2.05) is 0 Å². The van der Waals surface area contributed by atoms with Gasteiger partial charge in [0.15, 0.2) is 0 Å². The highest BCUT2D eigenvalue weighted by Gasteiger charge is 1.98. The fourth-order valence-electron chi connectivity index (χ4n) is 4.80. The van der Waals surface area contributed by atoms with Crippen LogP contribution in [0.1, 0.15) is 134 Å². The van der Waals surface area contributed by atoms with Gasteiger partial charge >= 0.3 is 0 Å². The van der Waals surface area contributed by atoms with E-state index in [1.54, 1.807) is 0 Å². The maximum atomic E-state index is 2.38. The molecule has 0 aliphatic carbocycles. The van der Waals surface area contributed by atoms with E-state index < -0.39 is 0 Å². The molecule has 0 bridgehead atoms. The fraction of sp³-hybridized carbons (Fsp3) is 0.677. The molecule has 0 aromatic heterocycles. The summed E-state index contributed by atoms with van der Waals surface area (Å²) in [4.78, 5) is 0. The van der Waals surface area contributed by atoms with Crippen LogP contribution in [-0.2, 0) is 6.42 Å². The van der Waals surface area contributed by atoms with E-state index in [0.717, 1.165) is 0 Å². The quantitative estimate of drug-likeness (QED) is 0.186. The zero-order valence-electron chi connectivity index (χ0n) is 20.7. The predicted octanol–water partition coefficient (Wildman–Crippen LogP) is 10.8. The molecule has 0 fully saturated rings. The predicted molar refractivity (Wildman–Crippen MR) is 141 cm³/mol. The third-order valence-electron chi connectivity index (χ3n) is 6.88. The Morgan fingerprint density at radius 3 is 1.32 bits per heavy atom. The lowest BCUT2D eigenvalue weighted by molar-refractivity contribution is 0.523. The molecular formula is C31H50. The lowest BCUT2D eigenvalue weighted by Gasteiger charge is -2.05. The van der Waals surface area contributed by atoms with Crippen molar-refractivity contribution in [2.75, 3.05) is 0 Å². The molecule has 174 valence electrons. The molecule has 0 radical (unpaired) electrons. The Morgan fingerprint density at radius 2 is 0.839 bits per heavy atom. The first-order valence-electron chi connectivity index (χ1n) is 13.9. The normalized spacial score (nSPS) is 11.4. The minimum Gasteiger partial charge on any atom is -0.0654 e. The van der Waals surface area contributed by atoms with Crippen LogP contribution in [0.25, 0.3) is 10.8 Å². The monoisotopic (exact) mass is 422 g/mol. The molecule has 31 heavy (non-hydrogen) atoms. The molecule has 0 nitrogen and oxygen atoms in total. The average Bonchev–Trinajstić information content (AvgIpc) is 2.80. The van der Waals surface area contributed by atoms with Gasteiger partial charge in [0.25, 0.3) is 0 Å². The minimum atomic E-state index is 1.24. The third kappa shape index (κ3) is 13.0. The van der Waals surface area contributed by atoms with Gasteiger partial charge in [-0.2, -0.15) is 0 Å². The van der Waals surface area contributed by atoms with Crippen LogP contribution in [-0.4, -0.2) is 0 Å². The number of unbranched alkanes of at least 4 members (excludes halogenated alkanes) is 18. The van der Waals surface area contributed by atoms with Crippen molar-refractivity contribution in [1.82, 2.24) is 0 Å². The Hall–Kier alpha value is -1.30. The standard InChI is InChI=1S/C31H50/c1-2-3-4-5-6-7-8-9-10-11-12-13-14-15-16-17-18-19-20-23-29-26-27-30-24-21-22-25-31(30)28-29/h21-22,24-28H,2-20,23H2,1H3. The van der Waals surface area contributed by atoms with Gasteiger partial charge in [-0.05, 0) is 29.2 Å². The van der Waals surface area contributed by atoms with Gasteiger partial charge in [-0.1, -0.05) is 165 Å². The first kappa shape index (κ1) is 26.0. The van der Waals surface area contributed by atoms with Crippen LogP contribution in [0.15, 0.2) is 42.5 Å². The second kappa shape index (κ2) is 18.3. The van der Waals surface area contributed by atoms with Gasteiger partial charge in [0.1, 0.15) is 0 Å². The first-order valence-corrected chi connectivity index (χ1v) is 13.9. The van der Waals surface area contributed by atoms with Gasteiger partial charge in [-0.3, -0.25) is 0 Å². The Morgan fingerprint density at radius 1 is 0.419 bits per heavy atom. The van der Waals surface area contributed by atoms with Gasteiger partial charge in [0.05, 0.1) is 0 Å². The van der Waals surface area contributed by atoms with Gasteiger partial charge in [-0.15, -0.1) is 0 Å². The summed E-state index contributed by atoms with van der Waals surface area (Å²) in [6, 6.07) is 15.7. The highest BCUT2D eigenvalue weighted by atomic mass is 14.0. The second-order valence-electron chi connectivity index (χ2n) is 9.80. The Balaban J connectivity index is 1.29.